The van der Waals surface area contributed by atoms with E-state index in [0.29, 0.717) is 23.8 Å². The number of benzene rings is 1. The molecule has 22 heavy (non-hydrogen) atoms. The highest BCUT2D eigenvalue weighted by Crippen LogP contribution is 2.25. The molecule has 2 heterocycles. The molecule has 1 amide bonds. The minimum atomic E-state index is -0.194. The number of amides is 1. The van der Waals surface area contributed by atoms with Crippen molar-refractivity contribution in [3.63, 3.8) is 0 Å². The number of carbonyl (C=O) groups excluding carboxylic acids is 1. The van der Waals surface area contributed by atoms with E-state index < -0.39 is 0 Å². The standard InChI is InChI=1S/C16H19FN4O/c1-20-10-14(19-11-20)16(22)18-8-12-6-7-21(9-12)15-5-3-2-4-13(15)17/h2-5,10-12H,6-9H2,1H3,(H,18,22)/t12-/m0/s1. The number of para-hydroxylation sites is 1. The van der Waals surface area contributed by atoms with Gasteiger partial charge >= 0.3 is 0 Å². The highest BCUT2D eigenvalue weighted by molar-refractivity contribution is 5.91. The van der Waals surface area contributed by atoms with Crippen molar-refractivity contribution in [2.24, 2.45) is 13.0 Å². The molecular formula is C16H19FN4O. The molecule has 0 aliphatic carbocycles. The van der Waals surface area contributed by atoms with Crippen LogP contribution in [-0.4, -0.2) is 35.1 Å². The first-order chi connectivity index (χ1) is 10.6. The van der Waals surface area contributed by atoms with Gasteiger partial charge in [-0.25, -0.2) is 9.37 Å². The lowest BCUT2D eigenvalue weighted by Crippen LogP contribution is -2.31. The maximum atomic E-state index is 13.8. The Bertz CT molecular complexity index is 670. The molecule has 3 rings (SSSR count). The Hall–Kier alpha value is -2.37. The van der Waals surface area contributed by atoms with Crippen LogP contribution in [0.25, 0.3) is 0 Å². The second-order valence-electron chi connectivity index (χ2n) is 5.69. The number of aryl methyl sites for hydroxylation is 1. The highest BCUT2D eigenvalue weighted by atomic mass is 19.1. The van der Waals surface area contributed by atoms with E-state index in [2.05, 4.69) is 10.3 Å². The molecular weight excluding hydrogens is 283 g/mol. The Morgan fingerprint density at radius 3 is 3.00 bits per heavy atom. The van der Waals surface area contributed by atoms with Gasteiger partial charge in [-0.15, -0.1) is 0 Å². The van der Waals surface area contributed by atoms with Gasteiger partial charge in [0, 0.05) is 32.9 Å². The number of carbonyl (C=O) groups is 1. The van der Waals surface area contributed by atoms with Gasteiger partial charge in [0.05, 0.1) is 12.0 Å². The van der Waals surface area contributed by atoms with Crippen molar-refractivity contribution in [2.75, 3.05) is 24.5 Å². The van der Waals surface area contributed by atoms with Crippen LogP contribution in [0.3, 0.4) is 0 Å². The molecule has 2 aromatic rings. The molecule has 1 fully saturated rings. The Kier molecular flexibility index (Phi) is 4.09. The summed E-state index contributed by atoms with van der Waals surface area (Å²) in [6.45, 7) is 2.15. The van der Waals surface area contributed by atoms with Gasteiger partial charge in [-0.3, -0.25) is 4.79 Å². The van der Waals surface area contributed by atoms with Gasteiger partial charge in [0.25, 0.3) is 5.91 Å². The minimum absolute atomic E-state index is 0.162. The van der Waals surface area contributed by atoms with E-state index in [9.17, 15) is 9.18 Å². The molecule has 1 N–H and O–H groups in total. The van der Waals surface area contributed by atoms with E-state index in [1.807, 2.05) is 18.0 Å². The Balaban J connectivity index is 1.53. The van der Waals surface area contributed by atoms with Crippen molar-refractivity contribution in [1.82, 2.24) is 14.9 Å². The second-order valence-corrected chi connectivity index (χ2v) is 5.69. The summed E-state index contributed by atoms with van der Waals surface area (Å²) in [5.74, 6) is -0.0297. The van der Waals surface area contributed by atoms with E-state index in [4.69, 9.17) is 0 Å². The topological polar surface area (TPSA) is 50.2 Å². The third kappa shape index (κ3) is 3.10. The summed E-state index contributed by atoms with van der Waals surface area (Å²) in [7, 11) is 1.83. The van der Waals surface area contributed by atoms with E-state index >= 15 is 0 Å². The van der Waals surface area contributed by atoms with Gasteiger partial charge in [-0.1, -0.05) is 12.1 Å². The van der Waals surface area contributed by atoms with Crippen LogP contribution in [0.2, 0.25) is 0 Å². The van der Waals surface area contributed by atoms with E-state index in [-0.39, 0.29) is 11.7 Å². The fourth-order valence-corrected chi connectivity index (χ4v) is 2.78. The lowest BCUT2D eigenvalue weighted by atomic mass is 10.1. The SMILES string of the molecule is Cn1cnc(C(=O)NC[C@@H]2CCN(c3ccccc3F)C2)c1. The number of nitrogens with zero attached hydrogens (tertiary/aromatic N) is 3. The van der Waals surface area contributed by atoms with E-state index in [1.165, 1.54) is 6.07 Å². The molecule has 1 aromatic heterocycles. The van der Waals surface area contributed by atoms with Crippen LogP contribution >= 0.6 is 0 Å². The van der Waals surface area contributed by atoms with Crippen LogP contribution in [-0.2, 0) is 7.05 Å². The molecule has 116 valence electrons. The first kappa shape index (κ1) is 14.6. The van der Waals surface area contributed by atoms with E-state index in [0.717, 1.165) is 19.5 Å². The van der Waals surface area contributed by atoms with Crippen LogP contribution < -0.4 is 10.2 Å². The van der Waals surface area contributed by atoms with Crippen molar-refractivity contribution in [1.29, 1.82) is 0 Å². The molecule has 5 nitrogen and oxygen atoms in total. The van der Waals surface area contributed by atoms with Crippen molar-refractivity contribution in [3.05, 3.63) is 48.3 Å². The molecule has 0 bridgehead atoms. The lowest BCUT2D eigenvalue weighted by Gasteiger charge is -2.19. The quantitative estimate of drug-likeness (QED) is 0.937. The maximum absolute atomic E-state index is 13.8. The number of aromatic nitrogens is 2. The summed E-state index contributed by atoms with van der Waals surface area (Å²) in [6, 6.07) is 6.81. The molecule has 1 aromatic carbocycles. The summed E-state index contributed by atoms with van der Waals surface area (Å²) in [4.78, 5) is 18.0. The average Bonchev–Trinajstić information content (AvgIpc) is 3.14. The zero-order valence-corrected chi connectivity index (χ0v) is 12.5. The molecule has 1 aliphatic heterocycles. The zero-order valence-electron chi connectivity index (χ0n) is 12.5. The van der Waals surface area contributed by atoms with Crippen molar-refractivity contribution < 1.29 is 9.18 Å². The fourth-order valence-electron chi connectivity index (χ4n) is 2.78. The normalized spacial score (nSPS) is 17.7. The predicted molar refractivity (Wildman–Crippen MR) is 82.3 cm³/mol. The van der Waals surface area contributed by atoms with Gasteiger partial charge in [-0.2, -0.15) is 0 Å². The number of imidazole rings is 1. The third-order valence-electron chi connectivity index (χ3n) is 3.97. The van der Waals surface area contributed by atoms with Crippen LogP contribution in [0.15, 0.2) is 36.8 Å². The number of anilines is 1. The van der Waals surface area contributed by atoms with Gasteiger partial charge in [0.1, 0.15) is 11.5 Å². The molecule has 0 spiro atoms. The number of halogens is 1. The van der Waals surface area contributed by atoms with Gasteiger partial charge < -0.3 is 14.8 Å². The fraction of sp³-hybridized carbons (Fsp3) is 0.375. The first-order valence-corrected chi connectivity index (χ1v) is 7.39. The summed E-state index contributed by atoms with van der Waals surface area (Å²) in [5.41, 5.74) is 1.06. The van der Waals surface area contributed by atoms with Crippen LogP contribution in [0.4, 0.5) is 10.1 Å². The summed E-state index contributed by atoms with van der Waals surface area (Å²) >= 11 is 0. The van der Waals surface area contributed by atoms with Crippen LogP contribution in [0.5, 0.6) is 0 Å². The van der Waals surface area contributed by atoms with Gasteiger partial charge in [0.2, 0.25) is 0 Å². The second kappa shape index (κ2) is 6.17. The average molecular weight is 302 g/mol. The van der Waals surface area contributed by atoms with E-state index in [1.54, 1.807) is 29.2 Å². The number of hydrogen-bond donors (Lipinski definition) is 1. The molecule has 1 atom stereocenters. The largest absolute Gasteiger partial charge is 0.369 e. The minimum Gasteiger partial charge on any atom is -0.369 e. The number of hydrogen-bond acceptors (Lipinski definition) is 3. The maximum Gasteiger partial charge on any atom is 0.271 e. The first-order valence-electron chi connectivity index (χ1n) is 7.39. The number of rotatable bonds is 4. The molecule has 1 aliphatic rings. The Morgan fingerprint density at radius 2 is 2.27 bits per heavy atom. The van der Waals surface area contributed by atoms with Gasteiger partial charge in [0.15, 0.2) is 0 Å². The lowest BCUT2D eigenvalue weighted by molar-refractivity contribution is 0.0943. The Morgan fingerprint density at radius 1 is 1.45 bits per heavy atom. The van der Waals surface area contributed by atoms with Crippen LogP contribution in [0.1, 0.15) is 16.9 Å². The third-order valence-corrected chi connectivity index (χ3v) is 3.97. The number of nitrogens with one attached hydrogen (secondary N) is 1. The zero-order chi connectivity index (χ0) is 15.5. The molecule has 6 heteroatoms. The summed E-state index contributed by atoms with van der Waals surface area (Å²) in [6.07, 6.45) is 4.23. The Labute approximate surface area is 128 Å². The molecule has 0 radical (unpaired) electrons. The predicted octanol–water partition coefficient (Wildman–Crippen LogP) is 1.82. The summed E-state index contributed by atoms with van der Waals surface area (Å²) < 4.78 is 15.5. The van der Waals surface area contributed by atoms with Crippen LogP contribution in [0, 0.1) is 11.7 Å². The van der Waals surface area contributed by atoms with Crippen molar-refractivity contribution in [3.8, 4) is 0 Å². The van der Waals surface area contributed by atoms with Gasteiger partial charge in [-0.05, 0) is 24.5 Å². The van der Waals surface area contributed by atoms with Crippen molar-refractivity contribution in [2.45, 2.75) is 6.42 Å². The monoisotopic (exact) mass is 302 g/mol. The molecule has 0 unspecified atom stereocenters. The molecule has 0 saturated carbocycles. The summed E-state index contributed by atoms with van der Waals surface area (Å²) in [5, 5.41) is 2.91. The molecule has 1 saturated heterocycles. The smallest absolute Gasteiger partial charge is 0.271 e. The van der Waals surface area contributed by atoms with Crippen molar-refractivity contribution >= 4 is 11.6 Å². The highest BCUT2D eigenvalue weighted by Gasteiger charge is 2.24.